The molecule has 2 heterocycles. The lowest BCUT2D eigenvalue weighted by atomic mass is 9.99. The van der Waals surface area contributed by atoms with Gasteiger partial charge in [0.25, 0.3) is 0 Å². The number of nitrogens with zero attached hydrogens (tertiary/aromatic N) is 4. The Labute approximate surface area is 175 Å². The first-order chi connectivity index (χ1) is 14.0. The molecule has 2 aromatic rings. The average molecular weight is 395 g/mol. The van der Waals surface area contributed by atoms with Crippen LogP contribution in [0.5, 0.6) is 0 Å². The molecule has 1 fully saturated rings. The van der Waals surface area contributed by atoms with E-state index in [0.29, 0.717) is 12.5 Å². The van der Waals surface area contributed by atoms with Gasteiger partial charge in [-0.15, -0.1) is 0 Å². The Kier molecular flexibility index (Phi) is 7.47. The van der Waals surface area contributed by atoms with Gasteiger partial charge in [0.2, 0.25) is 0 Å². The highest BCUT2D eigenvalue weighted by atomic mass is 15.3. The Morgan fingerprint density at radius 1 is 1.14 bits per heavy atom. The summed E-state index contributed by atoms with van der Waals surface area (Å²) in [5.74, 6) is 2.29. The summed E-state index contributed by atoms with van der Waals surface area (Å²) in [5.41, 5.74) is 3.79. The van der Waals surface area contributed by atoms with Gasteiger partial charge in [-0.2, -0.15) is 0 Å². The summed E-state index contributed by atoms with van der Waals surface area (Å²) in [5, 5.41) is 6.82. The summed E-state index contributed by atoms with van der Waals surface area (Å²) in [6.07, 6.45) is 1.96. The van der Waals surface area contributed by atoms with Crippen molar-refractivity contribution in [3.05, 3.63) is 59.3 Å². The second kappa shape index (κ2) is 10.3. The fraction of sp³-hybridized carbons (Fsp3) is 0.478. The minimum Gasteiger partial charge on any atom is -0.356 e. The number of aryl methyl sites for hydroxylation is 1. The Bertz CT molecular complexity index is 793. The van der Waals surface area contributed by atoms with Gasteiger partial charge < -0.3 is 20.4 Å². The molecule has 1 saturated heterocycles. The van der Waals surface area contributed by atoms with E-state index in [0.717, 1.165) is 50.1 Å². The number of rotatable bonds is 6. The van der Waals surface area contributed by atoms with Crippen LogP contribution in [-0.4, -0.2) is 62.7 Å². The zero-order valence-electron chi connectivity index (χ0n) is 18.2. The molecule has 1 aliphatic rings. The van der Waals surface area contributed by atoms with Gasteiger partial charge in [-0.3, -0.25) is 4.99 Å². The lowest BCUT2D eigenvalue weighted by Crippen LogP contribution is -2.44. The number of benzene rings is 1. The standard InChI is InChI=1S/C23H34N6/c1-18-6-5-7-21(14-18)19(2)15-26-23(24-3)27-17-20-8-9-22(25-16-20)29-12-10-28(4)11-13-29/h5-9,14,16,19H,10-13,15,17H2,1-4H3,(H2,24,26,27). The maximum absolute atomic E-state index is 4.66. The van der Waals surface area contributed by atoms with E-state index in [1.54, 1.807) is 7.05 Å². The number of aromatic nitrogens is 1. The molecule has 3 rings (SSSR count). The fourth-order valence-corrected chi connectivity index (χ4v) is 3.49. The molecule has 1 aliphatic heterocycles. The van der Waals surface area contributed by atoms with Gasteiger partial charge in [-0.1, -0.05) is 42.8 Å². The maximum atomic E-state index is 4.66. The molecule has 6 heteroatoms. The lowest BCUT2D eigenvalue weighted by molar-refractivity contribution is 0.312. The Balaban J connectivity index is 1.46. The Hall–Kier alpha value is -2.60. The van der Waals surface area contributed by atoms with E-state index >= 15 is 0 Å². The van der Waals surface area contributed by atoms with Crippen LogP contribution in [0.1, 0.15) is 29.5 Å². The number of anilines is 1. The van der Waals surface area contributed by atoms with Crippen molar-refractivity contribution in [1.82, 2.24) is 20.5 Å². The quantitative estimate of drug-likeness (QED) is 0.583. The highest BCUT2D eigenvalue weighted by molar-refractivity contribution is 5.79. The summed E-state index contributed by atoms with van der Waals surface area (Å²) in [6.45, 7) is 10.2. The zero-order chi connectivity index (χ0) is 20.6. The molecule has 156 valence electrons. The van der Waals surface area contributed by atoms with Crippen molar-refractivity contribution in [2.75, 3.05) is 51.7 Å². The molecule has 1 aromatic carbocycles. The summed E-state index contributed by atoms with van der Waals surface area (Å²) >= 11 is 0. The third-order valence-electron chi connectivity index (χ3n) is 5.51. The predicted molar refractivity (Wildman–Crippen MR) is 122 cm³/mol. The van der Waals surface area contributed by atoms with Crippen LogP contribution in [0.4, 0.5) is 5.82 Å². The number of pyridine rings is 1. The van der Waals surface area contributed by atoms with Crippen LogP contribution in [0.15, 0.2) is 47.6 Å². The van der Waals surface area contributed by atoms with Crippen molar-refractivity contribution in [3.8, 4) is 0 Å². The smallest absolute Gasteiger partial charge is 0.191 e. The largest absolute Gasteiger partial charge is 0.356 e. The van der Waals surface area contributed by atoms with Gasteiger partial charge in [0.05, 0.1) is 0 Å². The van der Waals surface area contributed by atoms with E-state index in [1.165, 1.54) is 11.1 Å². The van der Waals surface area contributed by atoms with Crippen LogP contribution >= 0.6 is 0 Å². The topological polar surface area (TPSA) is 55.8 Å². The van der Waals surface area contributed by atoms with Crippen LogP contribution in [-0.2, 0) is 6.54 Å². The number of aliphatic imine (C=N–C) groups is 1. The third-order valence-corrected chi connectivity index (χ3v) is 5.51. The van der Waals surface area contributed by atoms with Crippen molar-refractivity contribution in [1.29, 1.82) is 0 Å². The fourth-order valence-electron chi connectivity index (χ4n) is 3.49. The lowest BCUT2D eigenvalue weighted by Gasteiger charge is -2.33. The molecule has 0 aliphatic carbocycles. The molecular formula is C23H34N6. The number of hydrogen-bond donors (Lipinski definition) is 2. The van der Waals surface area contributed by atoms with E-state index in [4.69, 9.17) is 0 Å². The number of piperazine rings is 1. The van der Waals surface area contributed by atoms with Crippen LogP contribution in [0.25, 0.3) is 0 Å². The van der Waals surface area contributed by atoms with Crippen LogP contribution in [0.2, 0.25) is 0 Å². The summed E-state index contributed by atoms with van der Waals surface area (Å²) in [7, 11) is 3.98. The van der Waals surface area contributed by atoms with Gasteiger partial charge >= 0.3 is 0 Å². The molecule has 0 bridgehead atoms. The highest BCUT2D eigenvalue weighted by Gasteiger charge is 2.15. The van der Waals surface area contributed by atoms with Crippen molar-refractivity contribution in [2.24, 2.45) is 4.99 Å². The monoisotopic (exact) mass is 394 g/mol. The molecule has 1 aromatic heterocycles. The molecular weight excluding hydrogens is 360 g/mol. The highest BCUT2D eigenvalue weighted by Crippen LogP contribution is 2.16. The van der Waals surface area contributed by atoms with Crippen molar-refractivity contribution < 1.29 is 0 Å². The number of hydrogen-bond acceptors (Lipinski definition) is 4. The molecule has 0 saturated carbocycles. The predicted octanol–water partition coefficient (Wildman–Crippen LogP) is 2.61. The number of guanidine groups is 1. The normalized spacial score (nSPS) is 16.6. The van der Waals surface area contributed by atoms with E-state index in [-0.39, 0.29) is 0 Å². The molecule has 6 nitrogen and oxygen atoms in total. The minimum absolute atomic E-state index is 0.415. The third kappa shape index (κ3) is 6.19. The van der Waals surface area contributed by atoms with Crippen molar-refractivity contribution in [2.45, 2.75) is 26.3 Å². The SMILES string of the molecule is CN=C(NCc1ccc(N2CCN(C)CC2)nc1)NCC(C)c1cccc(C)c1. The van der Waals surface area contributed by atoms with Gasteiger partial charge in [-0.05, 0) is 37.1 Å². The van der Waals surface area contributed by atoms with Crippen LogP contribution < -0.4 is 15.5 Å². The van der Waals surface area contributed by atoms with Crippen LogP contribution in [0, 0.1) is 6.92 Å². The van der Waals surface area contributed by atoms with E-state index in [2.05, 4.69) is 87.7 Å². The molecule has 0 radical (unpaired) electrons. The second-order valence-corrected chi connectivity index (χ2v) is 7.94. The first-order valence-corrected chi connectivity index (χ1v) is 10.4. The first kappa shape index (κ1) is 21.1. The summed E-state index contributed by atoms with van der Waals surface area (Å²) in [4.78, 5) is 13.7. The first-order valence-electron chi connectivity index (χ1n) is 10.4. The summed E-state index contributed by atoms with van der Waals surface area (Å²) < 4.78 is 0. The van der Waals surface area contributed by atoms with Crippen molar-refractivity contribution >= 4 is 11.8 Å². The van der Waals surface area contributed by atoms with Crippen LogP contribution in [0.3, 0.4) is 0 Å². The van der Waals surface area contributed by atoms with Gasteiger partial charge in [0.1, 0.15) is 5.82 Å². The van der Waals surface area contributed by atoms with E-state index < -0.39 is 0 Å². The molecule has 29 heavy (non-hydrogen) atoms. The Morgan fingerprint density at radius 3 is 2.59 bits per heavy atom. The van der Waals surface area contributed by atoms with E-state index in [9.17, 15) is 0 Å². The molecule has 2 N–H and O–H groups in total. The zero-order valence-corrected chi connectivity index (χ0v) is 18.2. The summed E-state index contributed by atoms with van der Waals surface area (Å²) in [6, 6.07) is 13.0. The van der Waals surface area contributed by atoms with Gasteiger partial charge in [0, 0.05) is 52.5 Å². The number of likely N-dealkylation sites (N-methyl/N-ethyl adjacent to an activating group) is 1. The average Bonchev–Trinajstić information content (AvgIpc) is 2.74. The second-order valence-electron chi connectivity index (χ2n) is 7.94. The number of nitrogens with one attached hydrogen (secondary N) is 2. The van der Waals surface area contributed by atoms with Crippen molar-refractivity contribution in [3.63, 3.8) is 0 Å². The van der Waals surface area contributed by atoms with Gasteiger partial charge in [-0.25, -0.2) is 4.98 Å². The van der Waals surface area contributed by atoms with E-state index in [1.807, 2.05) is 6.20 Å². The minimum atomic E-state index is 0.415. The van der Waals surface area contributed by atoms with Gasteiger partial charge in [0.15, 0.2) is 5.96 Å². The molecule has 0 amide bonds. The Morgan fingerprint density at radius 2 is 1.93 bits per heavy atom. The molecule has 0 spiro atoms. The maximum Gasteiger partial charge on any atom is 0.191 e. The molecule has 1 atom stereocenters. The molecule has 1 unspecified atom stereocenters.